The Morgan fingerprint density at radius 3 is 2.14 bits per heavy atom. The Hall–Kier alpha value is -2.92. The molecule has 0 spiro atoms. The molecule has 3 aliphatic carbocycles. The van der Waals surface area contributed by atoms with E-state index in [4.69, 9.17) is 9.72 Å². The number of hydrogen-bond acceptors (Lipinski definition) is 3. The molecule has 0 atom stereocenters. The maximum atomic E-state index is 12.7. The van der Waals surface area contributed by atoms with Crippen LogP contribution in [0.1, 0.15) is 68.4 Å². The van der Waals surface area contributed by atoms with Crippen molar-refractivity contribution >= 4 is 5.97 Å². The van der Waals surface area contributed by atoms with Crippen LogP contribution in [0.15, 0.2) is 60.7 Å². The molecular formula is C31H36N2O3. The third-order valence-corrected chi connectivity index (χ3v) is 8.67. The van der Waals surface area contributed by atoms with Gasteiger partial charge >= 0.3 is 5.97 Å². The highest BCUT2D eigenvalue weighted by atomic mass is 16.5. The number of nitrogens with zero attached hydrogens (tertiary/aromatic N) is 2. The first kappa shape index (κ1) is 23.5. The van der Waals surface area contributed by atoms with Gasteiger partial charge in [-0.15, -0.1) is 0 Å². The smallest absolute Gasteiger partial charge is 0.314 e. The van der Waals surface area contributed by atoms with Crippen molar-refractivity contribution in [2.75, 3.05) is 6.61 Å². The Bertz CT molecular complexity index is 1220. The maximum Gasteiger partial charge on any atom is 0.314 e. The first-order valence-electron chi connectivity index (χ1n) is 13.6. The first-order valence-corrected chi connectivity index (χ1v) is 13.6. The number of rotatable bonds is 9. The van der Waals surface area contributed by atoms with E-state index in [1.807, 2.05) is 30.3 Å². The zero-order valence-electron chi connectivity index (χ0n) is 21.2. The van der Waals surface area contributed by atoms with E-state index in [-0.39, 0.29) is 0 Å². The molecule has 1 N–H and O–H groups in total. The second kappa shape index (κ2) is 9.19. The predicted molar refractivity (Wildman–Crippen MR) is 140 cm³/mol. The molecule has 0 amide bonds. The van der Waals surface area contributed by atoms with Crippen LogP contribution in [0.5, 0.6) is 0 Å². The maximum absolute atomic E-state index is 12.7. The van der Waals surface area contributed by atoms with Crippen molar-refractivity contribution in [1.82, 2.24) is 9.55 Å². The van der Waals surface area contributed by atoms with E-state index in [0.717, 1.165) is 30.2 Å². The minimum atomic E-state index is -0.876. The van der Waals surface area contributed by atoms with Gasteiger partial charge < -0.3 is 14.4 Å². The normalized spacial score (nSPS) is 26.1. The van der Waals surface area contributed by atoms with E-state index >= 15 is 0 Å². The van der Waals surface area contributed by atoms with Gasteiger partial charge in [0.2, 0.25) is 0 Å². The molecule has 0 bridgehead atoms. The van der Waals surface area contributed by atoms with E-state index < -0.39 is 17.0 Å². The van der Waals surface area contributed by atoms with E-state index in [9.17, 15) is 9.90 Å². The number of aliphatic carboxylic acids is 1. The summed E-state index contributed by atoms with van der Waals surface area (Å²) in [6, 6.07) is 20.4. The van der Waals surface area contributed by atoms with Gasteiger partial charge in [0.15, 0.2) is 0 Å². The summed E-state index contributed by atoms with van der Waals surface area (Å²) in [4.78, 5) is 17.9. The van der Waals surface area contributed by atoms with Crippen LogP contribution >= 0.6 is 0 Å². The highest BCUT2D eigenvalue weighted by Gasteiger charge is 2.52. The van der Waals surface area contributed by atoms with Crippen LogP contribution in [0.4, 0.5) is 0 Å². The molecule has 188 valence electrons. The average molecular weight is 485 g/mol. The predicted octanol–water partition coefficient (Wildman–Crippen LogP) is 6.49. The average Bonchev–Trinajstić information content (AvgIpc) is 3.84. The van der Waals surface area contributed by atoms with Crippen LogP contribution in [0.25, 0.3) is 11.3 Å². The zero-order valence-corrected chi connectivity index (χ0v) is 21.2. The molecule has 3 aliphatic rings. The Kier molecular flexibility index (Phi) is 5.99. The van der Waals surface area contributed by atoms with Gasteiger partial charge in [0.25, 0.3) is 0 Å². The van der Waals surface area contributed by atoms with Crippen LogP contribution < -0.4 is 0 Å². The molecule has 0 saturated heterocycles. The molecule has 0 radical (unpaired) electrons. The first-order chi connectivity index (χ1) is 17.5. The molecule has 5 heteroatoms. The van der Waals surface area contributed by atoms with Crippen LogP contribution in [-0.2, 0) is 27.1 Å². The minimum Gasteiger partial charge on any atom is -0.481 e. The largest absolute Gasteiger partial charge is 0.481 e. The van der Waals surface area contributed by atoms with Crippen molar-refractivity contribution in [2.45, 2.75) is 75.9 Å². The van der Waals surface area contributed by atoms with Crippen molar-refractivity contribution in [3.05, 3.63) is 77.7 Å². The van der Waals surface area contributed by atoms with Crippen molar-refractivity contribution in [3.63, 3.8) is 0 Å². The quantitative estimate of drug-likeness (QED) is 0.377. The number of ether oxygens (including phenoxy) is 1. The molecule has 1 aromatic heterocycles. The van der Waals surface area contributed by atoms with Crippen molar-refractivity contribution < 1.29 is 14.6 Å². The SMILES string of the molecule is Cc1nc([C@]2(OCC3CC3)CC[C@](C(=O)O)(c3ccccc3)CC2)n(CC2CC2)c1-c1ccccc1. The number of carbonyl (C=O) groups is 1. The highest BCUT2D eigenvalue weighted by Crippen LogP contribution is 2.51. The number of carboxylic acids is 1. The summed E-state index contributed by atoms with van der Waals surface area (Å²) in [6.45, 7) is 3.80. The van der Waals surface area contributed by atoms with Crippen LogP contribution in [0, 0.1) is 18.8 Å². The third kappa shape index (κ3) is 4.28. The molecule has 3 fully saturated rings. The molecule has 0 unspecified atom stereocenters. The molecular weight excluding hydrogens is 448 g/mol. The monoisotopic (exact) mass is 484 g/mol. The van der Waals surface area contributed by atoms with E-state index in [1.54, 1.807) is 0 Å². The Labute approximate surface area is 213 Å². The van der Waals surface area contributed by atoms with Gasteiger partial charge in [0.1, 0.15) is 11.4 Å². The van der Waals surface area contributed by atoms with Crippen LogP contribution in [0.2, 0.25) is 0 Å². The van der Waals surface area contributed by atoms with E-state index in [1.165, 1.54) is 36.9 Å². The summed E-state index contributed by atoms with van der Waals surface area (Å²) < 4.78 is 9.30. The summed E-state index contributed by atoms with van der Waals surface area (Å²) in [5.41, 5.74) is 2.87. The Balaban J connectivity index is 1.41. The van der Waals surface area contributed by atoms with E-state index in [2.05, 4.69) is 41.8 Å². The fourth-order valence-electron chi connectivity index (χ4n) is 6.08. The highest BCUT2D eigenvalue weighted by molar-refractivity contribution is 5.81. The van der Waals surface area contributed by atoms with Gasteiger partial charge in [-0.1, -0.05) is 60.7 Å². The standard InChI is InChI=1S/C31H36N2O3/c1-22-27(25-8-4-2-5-9-25)33(20-23-12-13-23)28(32-22)31(36-21-24-14-15-24)18-16-30(17-19-31,29(34)35)26-10-6-3-7-11-26/h2-11,23-24H,12-21H2,1H3,(H,34,35)/t30-,31+. The summed E-state index contributed by atoms with van der Waals surface area (Å²) in [5, 5.41) is 10.4. The minimum absolute atomic E-state index is 0.549. The lowest BCUT2D eigenvalue weighted by molar-refractivity contribution is -0.151. The van der Waals surface area contributed by atoms with Gasteiger partial charge in [-0.25, -0.2) is 4.98 Å². The van der Waals surface area contributed by atoms with Gasteiger partial charge in [-0.3, -0.25) is 4.79 Å². The Morgan fingerprint density at radius 2 is 1.56 bits per heavy atom. The second-order valence-corrected chi connectivity index (χ2v) is 11.3. The molecule has 0 aliphatic heterocycles. The van der Waals surface area contributed by atoms with Gasteiger partial charge in [0.05, 0.1) is 23.4 Å². The number of hydrogen-bond donors (Lipinski definition) is 1. The summed E-state index contributed by atoms with van der Waals surface area (Å²) in [6.07, 6.45) is 7.40. The lowest BCUT2D eigenvalue weighted by Gasteiger charge is -2.44. The summed E-state index contributed by atoms with van der Waals surface area (Å²) in [5.74, 6) is 1.60. The molecule has 36 heavy (non-hydrogen) atoms. The van der Waals surface area contributed by atoms with Crippen molar-refractivity contribution in [2.24, 2.45) is 11.8 Å². The number of imidazole rings is 1. The van der Waals surface area contributed by atoms with Crippen LogP contribution in [-0.4, -0.2) is 27.2 Å². The fraction of sp³-hybridized carbons (Fsp3) is 0.484. The van der Waals surface area contributed by atoms with Crippen LogP contribution in [0.3, 0.4) is 0 Å². The zero-order chi connectivity index (χ0) is 24.8. The number of benzene rings is 2. The number of aromatic nitrogens is 2. The molecule has 3 saturated carbocycles. The molecule has 5 nitrogen and oxygen atoms in total. The van der Waals surface area contributed by atoms with Gasteiger partial charge in [0, 0.05) is 12.1 Å². The van der Waals surface area contributed by atoms with Gasteiger partial charge in [-0.05, 0) is 75.7 Å². The number of aryl methyl sites for hydroxylation is 1. The molecule has 1 heterocycles. The van der Waals surface area contributed by atoms with Crippen molar-refractivity contribution in [3.8, 4) is 11.3 Å². The Morgan fingerprint density at radius 1 is 0.944 bits per heavy atom. The molecule has 6 rings (SSSR count). The molecule has 2 aromatic carbocycles. The fourth-order valence-corrected chi connectivity index (χ4v) is 6.08. The second-order valence-electron chi connectivity index (χ2n) is 11.3. The summed E-state index contributed by atoms with van der Waals surface area (Å²) in [7, 11) is 0. The van der Waals surface area contributed by atoms with E-state index in [0.29, 0.717) is 37.5 Å². The molecule has 3 aromatic rings. The summed E-state index contributed by atoms with van der Waals surface area (Å²) >= 11 is 0. The van der Waals surface area contributed by atoms with Crippen molar-refractivity contribution in [1.29, 1.82) is 0 Å². The topological polar surface area (TPSA) is 64.3 Å². The lowest BCUT2D eigenvalue weighted by atomic mass is 9.65. The van der Waals surface area contributed by atoms with Gasteiger partial charge in [-0.2, -0.15) is 0 Å². The number of carboxylic acid groups (broad SMARTS) is 1. The lowest BCUT2D eigenvalue weighted by Crippen LogP contribution is -2.47. The third-order valence-electron chi connectivity index (χ3n) is 8.67.